The fraction of sp³-hybridized carbons (Fsp3) is 0.926. The van der Waals surface area contributed by atoms with E-state index in [-0.39, 0.29) is 0 Å². The van der Waals surface area contributed by atoms with Crippen LogP contribution in [-0.2, 0) is 4.74 Å². The third-order valence-electron chi connectivity index (χ3n) is 6.15. The number of rotatable bonds is 22. The Morgan fingerprint density at radius 3 is 1.45 bits per heavy atom. The van der Waals surface area contributed by atoms with Crippen molar-refractivity contribution in [2.24, 2.45) is 0 Å². The number of unbranched alkanes of at least 4 members (excludes halogenated alkanes) is 13. The molecule has 0 amide bonds. The maximum Gasteiger partial charge on any atom is 0.103 e. The summed E-state index contributed by atoms with van der Waals surface area (Å²) in [5.41, 5.74) is 0. The summed E-state index contributed by atoms with van der Waals surface area (Å²) >= 11 is 0. The molecule has 0 rings (SSSR count). The second kappa shape index (κ2) is 20.8. The molecule has 0 N–H and O–H groups in total. The van der Waals surface area contributed by atoms with Crippen molar-refractivity contribution < 1.29 is 4.74 Å². The number of likely N-dealkylation sites (N-methyl/N-ethyl adjacent to an activating group) is 1. The van der Waals surface area contributed by atoms with Crippen LogP contribution in [0.3, 0.4) is 0 Å². The van der Waals surface area contributed by atoms with Crippen LogP contribution in [0.15, 0.2) is 12.3 Å². The maximum absolute atomic E-state index is 6.34. The molecule has 0 aromatic rings. The Kier molecular flexibility index (Phi) is 20.4. The first-order valence-electron chi connectivity index (χ1n) is 13.1. The molecule has 0 heterocycles. The number of ether oxygens (including phenoxy) is 1. The summed E-state index contributed by atoms with van der Waals surface area (Å²) in [6.45, 7) is 14.1. The Bertz CT molecular complexity index is 352. The molecule has 29 heavy (non-hydrogen) atoms. The summed E-state index contributed by atoms with van der Waals surface area (Å²) in [6.07, 6.45) is 23.4. The molecular formula is C27H55NO. The largest absolute Gasteiger partial charge is 0.494 e. The zero-order chi connectivity index (χ0) is 21.7. The average Bonchev–Trinajstić information content (AvgIpc) is 2.68. The minimum Gasteiger partial charge on any atom is -0.494 e. The Morgan fingerprint density at radius 1 is 0.690 bits per heavy atom. The quantitative estimate of drug-likeness (QED) is 0.131. The lowest BCUT2D eigenvalue weighted by Crippen LogP contribution is -2.29. The Balaban J connectivity index is 4.11. The molecule has 0 saturated carbocycles. The van der Waals surface area contributed by atoms with Gasteiger partial charge in [0.25, 0.3) is 0 Å². The number of hydrogen-bond donors (Lipinski definition) is 0. The minimum atomic E-state index is 0.374. The van der Waals surface area contributed by atoms with Crippen molar-refractivity contribution in [2.75, 3.05) is 13.6 Å². The highest BCUT2D eigenvalue weighted by molar-refractivity contribution is 4.88. The SMILES string of the molecule is C=C(CN(C)C(C)C)OC(CCCCCCCCC)CCCCCCCCCC. The topological polar surface area (TPSA) is 12.5 Å². The second-order valence-electron chi connectivity index (χ2n) is 9.46. The van der Waals surface area contributed by atoms with E-state index in [0.29, 0.717) is 12.1 Å². The van der Waals surface area contributed by atoms with Gasteiger partial charge in [0.15, 0.2) is 0 Å². The highest BCUT2D eigenvalue weighted by Crippen LogP contribution is 2.19. The molecule has 0 aliphatic heterocycles. The zero-order valence-electron chi connectivity index (χ0n) is 20.9. The molecule has 1 unspecified atom stereocenters. The van der Waals surface area contributed by atoms with Gasteiger partial charge in [0.2, 0.25) is 0 Å². The van der Waals surface area contributed by atoms with Crippen LogP contribution in [0.25, 0.3) is 0 Å². The summed E-state index contributed by atoms with van der Waals surface area (Å²) in [5, 5.41) is 0. The van der Waals surface area contributed by atoms with Crippen molar-refractivity contribution in [2.45, 2.75) is 149 Å². The molecule has 2 heteroatoms. The summed E-state index contributed by atoms with van der Waals surface area (Å²) in [7, 11) is 2.16. The second-order valence-corrected chi connectivity index (χ2v) is 9.46. The summed E-state index contributed by atoms with van der Waals surface area (Å²) in [4.78, 5) is 2.31. The lowest BCUT2D eigenvalue weighted by Gasteiger charge is -2.26. The van der Waals surface area contributed by atoms with Gasteiger partial charge in [0, 0.05) is 6.04 Å². The van der Waals surface area contributed by atoms with E-state index in [1.807, 2.05) is 0 Å². The molecule has 0 aliphatic carbocycles. The Labute approximate surface area is 184 Å². The van der Waals surface area contributed by atoms with Gasteiger partial charge in [-0.25, -0.2) is 0 Å². The molecular weight excluding hydrogens is 354 g/mol. The molecule has 1 atom stereocenters. The van der Waals surface area contributed by atoms with Crippen molar-refractivity contribution in [1.82, 2.24) is 4.90 Å². The fourth-order valence-electron chi connectivity index (χ4n) is 3.83. The maximum atomic E-state index is 6.34. The van der Waals surface area contributed by atoms with Gasteiger partial charge in [-0.3, -0.25) is 4.90 Å². The van der Waals surface area contributed by atoms with Crippen LogP contribution in [0.5, 0.6) is 0 Å². The third kappa shape index (κ3) is 19.2. The van der Waals surface area contributed by atoms with Crippen molar-refractivity contribution in [1.29, 1.82) is 0 Å². The molecule has 0 radical (unpaired) electrons. The molecule has 0 spiro atoms. The fourth-order valence-corrected chi connectivity index (χ4v) is 3.83. The monoisotopic (exact) mass is 409 g/mol. The molecule has 0 fully saturated rings. The summed E-state index contributed by atoms with van der Waals surface area (Å²) < 4.78 is 6.34. The van der Waals surface area contributed by atoms with Crippen LogP contribution < -0.4 is 0 Å². The summed E-state index contributed by atoms with van der Waals surface area (Å²) in [5.74, 6) is 0.953. The van der Waals surface area contributed by atoms with Gasteiger partial charge in [0.1, 0.15) is 5.76 Å². The van der Waals surface area contributed by atoms with Crippen LogP contribution in [0.1, 0.15) is 137 Å². The van der Waals surface area contributed by atoms with Gasteiger partial charge in [-0.15, -0.1) is 0 Å². The Morgan fingerprint density at radius 2 is 1.07 bits per heavy atom. The van der Waals surface area contributed by atoms with Crippen LogP contribution in [-0.4, -0.2) is 30.6 Å². The van der Waals surface area contributed by atoms with Crippen LogP contribution in [0, 0.1) is 0 Å². The van der Waals surface area contributed by atoms with E-state index in [0.717, 1.165) is 12.3 Å². The first-order valence-corrected chi connectivity index (χ1v) is 13.1. The van der Waals surface area contributed by atoms with E-state index in [4.69, 9.17) is 4.74 Å². The van der Waals surface area contributed by atoms with Gasteiger partial charge in [-0.05, 0) is 46.6 Å². The van der Waals surface area contributed by atoms with Gasteiger partial charge in [0.05, 0.1) is 12.6 Å². The standard InChI is InChI=1S/C27H55NO/c1-7-9-11-13-15-17-19-21-23-27(22-20-18-16-14-12-10-8-2)29-26(5)24-28(6)25(3)4/h25,27H,5,7-24H2,1-4,6H3. The highest BCUT2D eigenvalue weighted by Gasteiger charge is 2.13. The van der Waals surface area contributed by atoms with Gasteiger partial charge in [-0.1, -0.05) is 104 Å². The third-order valence-corrected chi connectivity index (χ3v) is 6.15. The van der Waals surface area contributed by atoms with Crippen molar-refractivity contribution in [3.63, 3.8) is 0 Å². The Hall–Kier alpha value is -0.500. The van der Waals surface area contributed by atoms with E-state index in [1.54, 1.807) is 0 Å². The first kappa shape index (κ1) is 28.5. The lowest BCUT2D eigenvalue weighted by atomic mass is 10.0. The molecule has 0 aliphatic rings. The summed E-state index contributed by atoms with van der Waals surface area (Å²) in [6, 6.07) is 0.532. The van der Waals surface area contributed by atoms with Crippen LogP contribution >= 0.6 is 0 Å². The minimum absolute atomic E-state index is 0.374. The van der Waals surface area contributed by atoms with Gasteiger partial charge >= 0.3 is 0 Å². The van der Waals surface area contributed by atoms with E-state index in [9.17, 15) is 0 Å². The molecule has 0 aromatic heterocycles. The number of hydrogen-bond acceptors (Lipinski definition) is 2. The van der Waals surface area contributed by atoms with Crippen molar-refractivity contribution in [3.05, 3.63) is 12.3 Å². The molecule has 0 saturated heterocycles. The molecule has 0 aromatic carbocycles. The predicted molar refractivity (Wildman–Crippen MR) is 132 cm³/mol. The highest BCUT2D eigenvalue weighted by atomic mass is 16.5. The van der Waals surface area contributed by atoms with E-state index >= 15 is 0 Å². The van der Waals surface area contributed by atoms with Gasteiger partial charge in [-0.2, -0.15) is 0 Å². The normalized spacial score (nSPS) is 12.7. The number of nitrogens with zero attached hydrogens (tertiary/aromatic N) is 1. The lowest BCUT2D eigenvalue weighted by molar-refractivity contribution is 0.0788. The van der Waals surface area contributed by atoms with Gasteiger partial charge < -0.3 is 4.74 Å². The van der Waals surface area contributed by atoms with Crippen molar-refractivity contribution in [3.8, 4) is 0 Å². The van der Waals surface area contributed by atoms with Crippen LogP contribution in [0.4, 0.5) is 0 Å². The molecule has 0 bridgehead atoms. The van der Waals surface area contributed by atoms with Crippen molar-refractivity contribution >= 4 is 0 Å². The van der Waals surface area contributed by atoms with Crippen LogP contribution in [0.2, 0.25) is 0 Å². The van der Waals surface area contributed by atoms with E-state index < -0.39 is 0 Å². The zero-order valence-corrected chi connectivity index (χ0v) is 20.9. The predicted octanol–water partition coefficient (Wildman–Crippen LogP) is 8.90. The first-order chi connectivity index (χ1) is 14.0. The average molecular weight is 410 g/mol. The molecule has 2 nitrogen and oxygen atoms in total. The van der Waals surface area contributed by atoms with E-state index in [1.165, 1.54) is 109 Å². The smallest absolute Gasteiger partial charge is 0.103 e. The van der Waals surface area contributed by atoms with E-state index in [2.05, 4.69) is 46.2 Å². The molecule has 174 valence electrons.